The smallest absolute Gasteiger partial charge is 0.0518 e. The van der Waals surface area contributed by atoms with Gasteiger partial charge in [0.25, 0.3) is 0 Å². The van der Waals surface area contributed by atoms with Crippen LogP contribution in [0.5, 0.6) is 0 Å². The standard InChI is InChI=1S/C14H30N2O/c1-12(2)17-9-5-6-15-7-8-16-10-13(3)14(4)11-16/h12-15H,5-11H2,1-4H3. The fourth-order valence-corrected chi connectivity index (χ4v) is 2.31. The Morgan fingerprint density at radius 3 is 2.41 bits per heavy atom. The normalized spacial score (nSPS) is 25.9. The van der Waals surface area contributed by atoms with Gasteiger partial charge in [0.05, 0.1) is 6.10 Å². The average molecular weight is 242 g/mol. The molecule has 1 N–H and O–H groups in total. The Morgan fingerprint density at radius 1 is 1.18 bits per heavy atom. The molecular formula is C14H30N2O. The molecule has 0 aromatic rings. The summed E-state index contributed by atoms with van der Waals surface area (Å²) in [4.78, 5) is 2.58. The number of ether oxygens (including phenoxy) is 1. The maximum atomic E-state index is 5.50. The first-order valence-electron chi connectivity index (χ1n) is 7.14. The summed E-state index contributed by atoms with van der Waals surface area (Å²) < 4.78 is 5.50. The highest BCUT2D eigenvalue weighted by atomic mass is 16.5. The van der Waals surface area contributed by atoms with Crippen LogP contribution in [0.1, 0.15) is 34.1 Å². The fraction of sp³-hybridized carbons (Fsp3) is 1.00. The molecule has 0 spiro atoms. The maximum Gasteiger partial charge on any atom is 0.0518 e. The number of likely N-dealkylation sites (tertiary alicyclic amines) is 1. The monoisotopic (exact) mass is 242 g/mol. The summed E-state index contributed by atoms with van der Waals surface area (Å²) >= 11 is 0. The Balaban J connectivity index is 1.88. The van der Waals surface area contributed by atoms with Crippen LogP contribution < -0.4 is 5.32 Å². The first kappa shape index (κ1) is 14.9. The molecule has 0 aromatic carbocycles. The number of nitrogens with one attached hydrogen (secondary N) is 1. The van der Waals surface area contributed by atoms with E-state index in [1.165, 1.54) is 19.6 Å². The van der Waals surface area contributed by atoms with Gasteiger partial charge in [-0.2, -0.15) is 0 Å². The third-order valence-corrected chi connectivity index (χ3v) is 3.62. The molecule has 102 valence electrons. The lowest BCUT2D eigenvalue weighted by Gasteiger charge is -2.15. The summed E-state index contributed by atoms with van der Waals surface area (Å²) in [5.74, 6) is 1.74. The fourth-order valence-electron chi connectivity index (χ4n) is 2.31. The molecule has 0 aromatic heterocycles. The third-order valence-electron chi connectivity index (χ3n) is 3.62. The average Bonchev–Trinajstić information content (AvgIpc) is 2.56. The topological polar surface area (TPSA) is 24.5 Å². The molecule has 3 heteroatoms. The zero-order chi connectivity index (χ0) is 12.7. The summed E-state index contributed by atoms with van der Waals surface area (Å²) in [5.41, 5.74) is 0. The van der Waals surface area contributed by atoms with Crippen molar-refractivity contribution in [1.82, 2.24) is 10.2 Å². The van der Waals surface area contributed by atoms with Crippen molar-refractivity contribution in [2.45, 2.75) is 40.2 Å². The molecular weight excluding hydrogens is 212 g/mol. The lowest BCUT2D eigenvalue weighted by molar-refractivity contribution is 0.0770. The number of nitrogens with zero attached hydrogens (tertiary/aromatic N) is 1. The summed E-state index contributed by atoms with van der Waals surface area (Å²) in [6.45, 7) is 15.7. The van der Waals surface area contributed by atoms with Crippen LogP contribution in [0, 0.1) is 11.8 Å². The van der Waals surface area contributed by atoms with Gasteiger partial charge in [-0.05, 0) is 38.6 Å². The summed E-state index contributed by atoms with van der Waals surface area (Å²) in [7, 11) is 0. The quantitative estimate of drug-likeness (QED) is 0.659. The molecule has 3 nitrogen and oxygen atoms in total. The predicted octanol–water partition coefficient (Wildman–Crippen LogP) is 1.98. The zero-order valence-electron chi connectivity index (χ0n) is 12.0. The first-order valence-corrected chi connectivity index (χ1v) is 7.14. The molecule has 17 heavy (non-hydrogen) atoms. The van der Waals surface area contributed by atoms with E-state index in [1.807, 2.05) is 0 Å². The molecule has 0 radical (unpaired) electrons. The van der Waals surface area contributed by atoms with Crippen molar-refractivity contribution in [3.8, 4) is 0 Å². The van der Waals surface area contributed by atoms with E-state index in [1.54, 1.807) is 0 Å². The van der Waals surface area contributed by atoms with Crippen molar-refractivity contribution in [2.75, 3.05) is 39.3 Å². The molecule has 1 aliphatic heterocycles. The van der Waals surface area contributed by atoms with Crippen molar-refractivity contribution in [1.29, 1.82) is 0 Å². The van der Waals surface area contributed by atoms with E-state index in [0.717, 1.165) is 38.0 Å². The van der Waals surface area contributed by atoms with Gasteiger partial charge in [-0.25, -0.2) is 0 Å². The van der Waals surface area contributed by atoms with Crippen LogP contribution in [0.15, 0.2) is 0 Å². The van der Waals surface area contributed by atoms with Crippen LogP contribution in [-0.2, 0) is 4.74 Å². The minimum absolute atomic E-state index is 0.363. The molecule has 1 saturated heterocycles. The highest BCUT2D eigenvalue weighted by Crippen LogP contribution is 2.21. The van der Waals surface area contributed by atoms with E-state index in [4.69, 9.17) is 4.74 Å². The minimum Gasteiger partial charge on any atom is -0.379 e. The summed E-state index contributed by atoms with van der Waals surface area (Å²) in [6, 6.07) is 0. The molecule has 0 aliphatic carbocycles. The van der Waals surface area contributed by atoms with Crippen molar-refractivity contribution in [2.24, 2.45) is 11.8 Å². The second-order valence-electron chi connectivity index (χ2n) is 5.74. The van der Waals surface area contributed by atoms with Gasteiger partial charge in [0.15, 0.2) is 0 Å². The Kier molecular flexibility index (Phi) is 7.09. The van der Waals surface area contributed by atoms with Crippen molar-refractivity contribution < 1.29 is 4.74 Å². The van der Waals surface area contributed by atoms with Gasteiger partial charge >= 0.3 is 0 Å². The summed E-state index contributed by atoms with van der Waals surface area (Å²) in [6.07, 6.45) is 1.48. The molecule has 0 amide bonds. The molecule has 1 heterocycles. The Labute approximate surface area is 107 Å². The highest BCUT2D eigenvalue weighted by Gasteiger charge is 2.24. The van der Waals surface area contributed by atoms with Crippen LogP contribution in [0.2, 0.25) is 0 Å². The maximum absolute atomic E-state index is 5.50. The van der Waals surface area contributed by atoms with E-state index in [-0.39, 0.29) is 0 Å². The molecule has 1 fully saturated rings. The van der Waals surface area contributed by atoms with Crippen LogP contribution in [0.25, 0.3) is 0 Å². The second-order valence-corrected chi connectivity index (χ2v) is 5.74. The number of hydrogen-bond acceptors (Lipinski definition) is 3. The number of hydrogen-bond donors (Lipinski definition) is 1. The molecule has 1 aliphatic rings. The van der Waals surface area contributed by atoms with Crippen molar-refractivity contribution in [3.05, 3.63) is 0 Å². The van der Waals surface area contributed by atoms with Gasteiger partial charge in [-0.15, -0.1) is 0 Å². The highest BCUT2D eigenvalue weighted by molar-refractivity contribution is 4.78. The van der Waals surface area contributed by atoms with Gasteiger partial charge in [0.2, 0.25) is 0 Å². The van der Waals surface area contributed by atoms with Gasteiger partial charge < -0.3 is 15.0 Å². The predicted molar refractivity (Wildman–Crippen MR) is 73.3 cm³/mol. The van der Waals surface area contributed by atoms with E-state index in [2.05, 4.69) is 37.9 Å². The minimum atomic E-state index is 0.363. The number of rotatable bonds is 8. The van der Waals surface area contributed by atoms with Crippen LogP contribution >= 0.6 is 0 Å². The lowest BCUT2D eigenvalue weighted by atomic mass is 10.0. The molecule has 0 bridgehead atoms. The molecule has 1 rings (SSSR count). The molecule has 2 unspecified atom stereocenters. The largest absolute Gasteiger partial charge is 0.379 e. The van der Waals surface area contributed by atoms with E-state index in [9.17, 15) is 0 Å². The van der Waals surface area contributed by atoms with Gasteiger partial charge in [0.1, 0.15) is 0 Å². The Hall–Kier alpha value is -0.120. The molecule has 0 saturated carbocycles. The molecule has 2 atom stereocenters. The van der Waals surface area contributed by atoms with Crippen LogP contribution in [-0.4, -0.2) is 50.3 Å². The Morgan fingerprint density at radius 2 is 1.82 bits per heavy atom. The van der Waals surface area contributed by atoms with Crippen molar-refractivity contribution >= 4 is 0 Å². The van der Waals surface area contributed by atoms with Gasteiger partial charge in [-0.1, -0.05) is 13.8 Å². The summed E-state index contributed by atoms with van der Waals surface area (Å²) in [5, 5.41) is 3.49. The van der Waals surface area contributed by atoms with E-state index in [0.29, 0.717) is 6.10 Å². The van der Waals surface area contributed by atoms with Gasteiger partial charge in [0, 0.05) is 32.8 Å². The lowest BCUT2D eigenvalue weighted by Crippen LogP contribution is -2.31. The van der Waals surface area contributed by atoms with Crippen molar-refractivity contribution in [3.63, 3.8) is 0 Å². The van der Waals surface area contributed by atoms with E-state index < -0.39 is 0 Å². The second kappa shape index (κ2) is 8.06. The zero-order valence-corrected chi connectivity index (χ0v) is 12.0. The Bertz CT molecular complexity index is 187. The first-order chi connectivity index (χ1) is 8.09. The van der Waals surface area contributed by atoms with Crippen LogP contribution in [0.3, 0.4) is 0 Å². The van der Waals surface area contributed by atoms with E-state index >= 15 is 0 Å². The SMILES string of the molecule is CC(C)OCCCNCCN1CC(C)C(C)C1. The van der Waals surface area contributed by atoms with Crippen LogP contribution in [0.4, 0.5) is 0 Å². The van der Waals surface area contributed by atoms with Gasteiger partial charge in [-0.3, -0.25) is 0 Å². The third kappa shape index (κ3) is 6.39.